The maximum atomic E-state index is 12.1. The highest BCUT2D eigenvalue weighted by molar-refractivity contribution is 7.89. The minimum absolute atomic E-state index is 0.0907. The molecule has 7 heteroatoms. The zero-order chi connectivity index (χ0) is 15.5. The summed E-state index contributed by atoms with van der Waals surface area (Å²) >= 11 is 17.4. The molecule has 0 spiro atoms. The van der Waals surface area contributed by atoms with Gasteiger partial charge in [0.05, 0.1) is 14.9 Å². The van der Waals surface area contributed by atoms with Gasteiger partial charge in [-0.25, -0.2) is 13.1 Å². The Morgan fingerprint density at radius 2 is 1.57 bits per heavy atom. The Hall–Kier alpha value is -0.780. The fraction of sp³-hybridized carbons (Fsp3) is 0.143. The van der Waals surface area contributed by atoms with Crippen LogP contribution in [0.4, 0.5) is 0 Å². The van der Waals surface area contributed by atoms with Gasteiger partial charge in [0.1, 0.15) is 0 Å². The molecule has 21 heavy (non-hydrogen) atoms. The summed E-state index contributed by atoms with van der Waals surface area (Å²) in [4.78, 5) is 0.0907. The van der Waals surface area contributed by atoms with Crippen LogP contribution in [0.25, 0.3) is 0 Å². The molecule has 0 aliphatic rings. The minimum Gasteiger partial charge on any atom is -0.211 e. The Morgan fingerprint density at radius 3 is 2.19 bits per heavy atom. The Kier molecular flexibility index (Phi) is 5.52. The van der Waals surface area contributed by atoms with E-state index >= 15 is 0 Å². The van der Waals surface area contributed by atoms with Crippen molar-refractivity contribution >= 4 is 44.8 Å². The third-order valence-corrected chi connectivity index (χ3v) is 5.27. The number of nitrogens with one attached hydrogen (secondary N) is 1. The summed E-state index contributed by atoms with van der Waals surface area (Å²) in [5, 5.41) is 1.17. The van der Waals surface area contributed by atoms with Crippen molar-refractivity contribution in [2.24, 2.45) is 0 Å². The van der Waals surface area contributed by atoms with Crippen molar-refractivity contribution in [3.8, 4) is 0 Å². The van der Waals surface area contributed by atoms with Crippen molar-refractivity contribution in [1.29, 1.82) is 0 Å². The van der Waals surface area contributed by atoms with Crippen LogP contribution in [0.1, 0.15) is 5.56 Å². The topological polar surface area (TPSA) is 46.2 Å². The summed E-state index contributed by atoms with van der Waals surface area (Å²) in [6.45, 7) is 0.282. The molecule has 0 saturated heterocycles. The van der Waals surface area contributed by atoms with Crippen molar-refractivity contribution in [3.63, 3.8) is 0 Å². The van der Waals surface area contributed by atoms with E-state index in [2.05, 4.69) is 4.72 Å². The third kappa shape index (κ3) is 4.59. The van der Waals surface area contributed by atoms with Gasteiger partial charge in [-0.05, 0) is 42.3 Å². The van der Waals surface area contributed by atoms with E-state index in [1.54, 1.807) is 12.1 Å². The summed E-state index contributed by atoms with van der Waals surface area (Å²) in [7, 11) is -3.60. The number of hydrogen-bond acceptors (Lipinski definition) is 2. The fourth-order valence-electron chi connectivity index (χ4n) is 1.71. The van der Waals surface area contributed by atoms with Crippen molar-refractivity contribution in [2.75, 3.05) is 6.54 Å². The second kappa shape index (κ2) is 6.99. The van der Waals surface area contributed by atoms with Gasteiger partial charge < -0.3 is 0 Å². The van der Waals surface area contributed by atoms with E-state index in [0.29, 0.717) is 16.5 Å². The molecule has 2 rings (SSSR count). The first kappa shape index (κ1) is 16.6. The van der Waals surface area contributed by atoms with Gasteiger partial charge in [-0.1, -0.05) is 46.9 Å². The molecule has 0 radical (unpaired) electrons. The van der Waals surface area contributed by atoms with Crippen LogP contribution in [0, 0.1) is 0 Å². The van der Waals surface area contributed by atoms with Gasteiger partial charge in [0, 0.05) is 11.6 Å². The van der Waals surface area contributed by atoms with Crippen LogP contribution >= 0.6 is 34.8 Å². The Labute approximate surface area is 138 Å². The highest BCUT2D eigenvalue weighted by Gasteiger charge is 2.14. The zero-order valence-electron chi connectivity index (χ0n) is 10.8. The lowest BCUT2D eigenvalue weighted by Gasteiger charge is -2.08. The number of halogens is 3. The number of sulfonamides is 1. The standard InChI is InChI=1S/C14H12Cl3NO2S/c15-11-3-1-10(2-4-11)7-8-18-21(19,20)12-5-6-13(16)14(17)9-12/h1-6,9,18H,7-8H2. The molecule has 0 unspecified atom stereocenters. The molecule has 2 aromatic rings. The molecule has 0 aliphatic carbocycles. The molecule has 0 heterocycles. The first-order valence-corrected chi connectivity index (χ1v) is 8.69. The fourth-order valence-corrected chi connectivity index (χ4v) is 3.25. The third-order valence-electron chi connectivity index (χ3n) is 2.82. The SMILES string of the molecule is O=S(=O)(NCCc1ccc(Cl)cc1)c1ccc(Cl)c(Cl)c1. The number of rotatable bonds is 5. The first-order valence-electron chi connectivity index (χ1n) is 6.08. The normalized spacial score (nSPS) is 11.6. The minimum atomic E-state index is -3.60. The van der Waals surface area contributed by atoms with Crippen molar-refractivity contribution in [3.05, 3.63) is 63.1 Å². The summed E-state index contributed by atoms with van der Waals surface area (Å²) in [6.07, 6.45) is 0.567. The summed E-state index contributed by atoms with van der Waals surface area (Å²) < 4.78 is 26.7. The first-order chi connectivity index (χ1) is 9.88. The van der Waals surface area contributed by atoms with E-state index in [9.17, 15) is 8.42 Å². The molecule has 0 aromatic heterocycles. The quantitative estimate of drug-likeness (QED) is 0.865. The molecule has 0 saturated carbocycles. The van der Waals surface area contributed by atoms with Crippen LogP contribution < -0.4 is 4.72 Å². The molecule has 0 fully saturated rings. The highest BCUT2D eigenvalue weighted by atomic mass is 35.5. The predicted molar refractivity (Wildman–Crippen MR) is 86.8 cm³/mol. The second-order valence-electron chi connectivity index (χ2n) is 4.35. The summed E-state index contributed by atoms with van der Waals surface area (Å²) in [5.41, 5.74) is 0.997. The number of hydrogen-bond donors (Lipinski definition) is 1. The smallest absolute Gasteiger partial charge is 0.211 e. The predicted octanol–water partition coefficient (Wildman–Crippen LogP) is 4.17. The van der Waals surface area contributed by atoms with Crippen LogP contribution in [0.2, 0.25) is 15.1 Å². The van der Waals surface area contributed by atoms with Gasteiger partial charge in [0.15, 0.2) is 0 Å². The van der Waals surface area contributed by atoms with E-state index in [-0.39, 0.29) is 16.5 Å². The monoisotopic (exact) mass is 363 g/mol. The van der Waals surface area contributed by atoms with Crippen molar-refractivity contribution in [1.82, 2.24) is 4.72 Å². The van der Waals surface area contributed by atoms with Crippen LogP contribution in [-0.2, 0) is 16.4 Å². The van der Waals surface area contributed by atoms with Gasteiger partial charge in [0.2, 0.25) is 10.0 Å². The molecule has 0 aliphatic heterocycles. The second-order valence-corrected chi connectivity index (χ2v) is 7.37. The van der Waals surface area contributed by atoms with Crippen LogP contribution in [0.5, 0.6) is 0 Å². The Morgan fingerprint density at radius 1 is 0.905 bits per heavy atom. The van der Waals surface area contributed by atoms with Crippen molar-refractivity contribution < 1.29 is 8.42 Å². The molecule has 0 amide bonds. The molecule has 1 N–H and O–H groups in total. The Bertz CT molecular complexity index is 730. The zero-order valence-corrected chi connectivity index (χ0v) is 13.9. The van der Waals surface area contributed by atoms with E-state index in [4.69, 9.17) is 34.8 Å². The van der Waals surface area contributed by atoms with Gasteiger partial charge >= 0.3 is 0 Å². The molecular weight excluding hydrogens is 353 g/mol. The lowest BCUT2D eigenvalue weighted by molar-refractivity contribution is 0.581. The molecule has 2 aromatic carbocycles. The molecule has 3 nitrogen and oxygen atoms in total. The van der Waals surface area contributed by atoms with E-state index in [0.717, 1.165) is 5.56 Å². The van der Waals surface area contributed by atoms with Crippen LogP contribution in [-0.4, -0.2) is 15.0 Å². The van der Waals surface area contributed by atoms with E-state index in [1.807, 2.05) is 12.1 Å². The average molecular weight is 365 g/mol. The molecule has 0 atom stereocenters. The molecule has 112 valence electrons. The van der Waals surface area contributed by atoms with E-state index < -0.39 is 10.0 Å². The summed E-state index contributed by atoms with van der Waals surface area (Å²) in [5.74, 6) is 0. The van der Waals surface area contributed by atoms with E-state index in [1.165, 1.54) is 18.2 Å². The van der Waals surface area contributed by atoms with Crippen LogP contribution in [0.3, 0.4) is 0 Å². The van der Waals surface area contributed by atoms with Gasteiger partial charge in [0.25, 0.3) is 0 Å². The lowest BCUT2D eigenvalue weighted by atomic mass is 10.2. The van der Waals surface area contributed by atoms with Gasteiger partial charge in [-0.2, -0.15) is 0 Å². The van der Waals surface area contributed by atoms with Gasteiger partial charge in [-0.15, -0.1) is 0 Å². The van der Waals surface area contributed by atoms with Gasteiger partial charge in [-0.3, -0.25) is 0 Å². The molecular formula is C14H12Cl3NO2S. The van der Waals surface area contributed by atoms with Crippen molar-refractivity contribution in [2.45, 2.75) is 11.3 Å². The summed E-state index contributed by atoms with van der Waals surface area (Å²) in [6, 6.07) is 11.4. The maximum Gasteiger partial charge on any atom is 0.240 e. The largest absolute Gasteiger partial charge is 0.240 e. The Balaban J connectivity index is 2.01. The number of benzene rings is 2. The maximum absolute atomic E-state index is 12.1. The highest BCUT2D eigenvalue weighted by Crippen LogP contribution is 2.24. The lowest BCUT2D eigenvalue weighted by Crippen LogP contribution is -2.26. The average Bonchev–Trinajstić information content (AvgIpc) is 2.44. The molecule has 0 bridgehead atoms. The van der Waals surface area contributed by atoms with Crippen LogP contribution in [0.15, 0.2) is 47.4 Å².